The molecule has 0 saturated heterocycles. The number of benzene rings is 1. The van der Waals surface area contributed by atoms with Crippen molar-refractivity contribution in [3.05, 3.63) is 23.8 Å². The first kappa shape index (κ1) is 19.8. The maximum atomic E-state index is 11.7. The molecule has 0 bridgehead atoms. The number of carbonyl (C=O) groups is 2. The summed E-state index contributed by atoms with van der Waals surface area (Å²) in [5.41, 5.74) is -0.329. The molecule has 0 aromatic heterocycles. The molecule has 3 N–H and O–H groups in total. The zero-order valence-electron chi connectivity index (χ0n) is 14.2. The lowest BCUT2D eigenvalue weighted by Gasteiger charge is -2.10. The van der Waals surface area contributed by atoms with Gasteiger partial charge in [0.2, 0.25) is 0 Å². The van der Waals surface area contributed by atoms with Gasteiger partial charge in [0.15, 0.2) is 0 Å². The number of amides is 1. The molecule has 0 radical (unpaired) electrons. The molecule has 0 unspecified atom stereocenters. The highest BCUT2D eigenvalue weighted by molar-refractivity contribution is 6.01. The normalized spacial score (nSPS) is 10.4. The van der Waals surface area contributed by atoms with Crippen molar-refractivity contribution in [3.63, 3.8) is 0 Å². The molecule has 0 aliphatic carbocycles. The molecule has 6 nitrogen and oxygen atoms in total. The van der Waals surface area contributed by atoms with Crippen molar-refractivity contribution in [1.82, 2.24) is 0 Å². The monoisotopic (exact) mass is 337 g/mol. The molecule has 0 atom stereocenters. The molecule has 0 fully saturated rings. The van der Waals surface area contributed by atoms with E-state index < -0.39 is 17.8 Å². The molecule has 0 aliphatic rings. The van der Waals surface area contributed by atoms with Gasteiger partial charge >= 0.3 is 12.1 Å². The molecule has 0 saturated carbocycles. The molecule has 134 valence electrons. The number of carboxylic acids is 1. The SMILES string of the molecule is CCCCCCCCCCOC(=O)Nc1cccc(O)c1C(=O)O. The smallest absolute Gasteiger partial charge is 0.411 e. The van der Waals surface area contributed by atoms with E-state index in [4.69, 9.17) is 9.84 Å². The van der Waals surface area contributed by atoms with Gasteiger partial charge in [-0.05, 0) is 18.6 Å². The van der Waals surface area contributed by atoms with Gasteiger partial charge in [-0.3, -0.25) is 5.32 Å². The summed E-state index contributed by atoms with van der Waals surface area (Å²) in [5.74, 6) is -1.71. The Morgan fingerprint density at radius 2 is 1.67 bits per heavy atom. The molecule has 0 spiro atoms. The summed E-state index contributed by atoms with van der Waals surface area (Å²) in [6, 6.07) is 4.11. The number of nitrogens with one attached hydrogen (secondary N) is 1. The first-order valence-electron chi connectivity index (χ1n) is 8.55. The summed E-state index contributed by atoms with van der Waals surface area (Å²) in [6.45, 7) is 2.49. The van der Waals surface area contributed by atoms with Crippen LogP contribution < -0.4 is 5.32 Å². The highest BCUT2D eigenvalue weighted by atomic mass is 16.5. The Bertz CT molecular complexity index is 530. The minimum atomic E-state index is -1.31. The number of unbranched alkanes of at least 4 members (excludes halogenated alkanes) is 7. The average Bonchev–Trinajstić information content (AvgIpc) is 2.53. The molecule has 1 rings (SSSR count). The molecule has 1 aromatic carbocycles. The highest BCUT2D eigenvalue weighted by Crippen LogP contribution is 2.25. The Kier molecular flexibility index (Phi) is 9.34. The van der Waals surface area contributed by atoms with Crippen LogP contribution in [0.25, 0.3) is 0 Å². The van der Waals surface area contributed by atoms with Gasteiger partial charge in [-0.25, -0.2) is 9.59 Å². The van der Waals surface area contributed by atoms with Crippen molar-refractivity contribution in [2.75, 3.05) is 11.9 Å². The first-order chi connectivity index (χ1) is 11.6. The number of anilines is 1. The summed E-state index contributed by atoms with van der Waals surface area (Å²) in [4.78, 5) is 22.8. The van der Waals surface area contributed by atoms with Crippen LogP contribution in [0.4, 0.5) is 10.5 Å². The van der Waals surface area contributed by atoms with Gasteiger partial charge in [0.1, 0.15) is 11.3 Å². The predicted molar refractivity (Wildman–Crippen MR) is 92.6 cm³/mol. The van der Waals surface area contributed by atoms with E-state index >= 15 is 0 Å². The number of carbonyl (C=O) groups excluding carboxylic acids is 1. The zero-order valence-corrected chi connectivity index (χ0v) is 14.2. The lowest BCUT2D eigenvalue weighted by molar-refractivity contribution is 0.0695. The van der Waals surface area contributed by atoms with Crippen LogP contribution in [-0.2, 0) is 4.74 Å². The van der Waals surface area contributed by atoms with E-state index in [1.54, 1.807) is 0 Å². The maximum absolute atomic E-state index is 11.7. The minimum Gasteiger partial charge on any atom is -0.507 e. The van der Waals surface area contributed by atoms with Crippen molar-refractivity contribution in [2.45, 2.75) is 58.3 Å². The number of hydrogen-bond donors (Lipinski definition) is 3. The van der Waals surface area contributed by atoms with Crippen LogP contribution in [0.2, 0.25) is 0 Å². The predicted octanol–water partition coefficient (Wildman–Crippen LogP) is 4.78. The summed E-state index contributed by atoms with van der Waals surface area (Å²) >= 11 is 0. The van der Waals surface area contributed by atoms with Crippen molar-refractivity contribution in [1.29, 1.82) is 0 Å². The Hall–Kier alpha value is -2.24. The van der Waals surface area contributed by atoms with E-state index in [9.17, 15) is 14.7 Å². The summed E-state index contributed by atoms with van der Waals surface area (Å²) in [6.07, 6.45) is 8.48. The molecule has 24 heavy (non-hydrogen) atoms. The van der Waals surface area contributed by atoms with Crippen molar-refractivity contribution < 1.29 is 24.5 Å². The number of hydrogen-bond acceptors (Lipinski definition) is 4. The molecular weight excluding hydrogens is 310 g/mol. The second kappa shape index (κ2) is 11.3. The maximum Gasteiger partial charge on any atom is 0.411 e. The van der Waals surface area contributed by atoms with Crippen LogP contribution in [0.1, 0.15) is 68.6 Å². The molecule has 1 aromatic rings. The largest absolute Gasteiger partial charge is 0.507 e. The lowest BCUT2D eigenvalue weighted by Crippen LogP contribution is -2.16. The second-order valence-corrected chi connectivity index (χ2v) is 5.74. The van der Waals surface area contributed by atoms with E-state index in [0.717, 1.165) is 19.3 Å². The van der Waals surface area contributed by atoms with Crippen LogP contribution in [0.3, 0.4) is 0 Å². The zero-order chi connectivity index (χ0) is 17.8. The summed E-state index contributed by atoms with van der Waals surface area (Å²) in [7, 11) is 0. The van der Waals surface area contributed by atoms with Gasteiger partial charge in [-0.15, -0.1) is 0 Å². The fourth-order valence-corrected chi connectivity index (χ4v) is 2.42. The standard InChI is InChI=1S/C18H27NO5/c1-2-3-4-5-6-7-8-9-13-24-18(23)19-14-11-10-12-15(20)16(14)17(21)22/h10-12,20H,2-9,13H2,1H3,(H,19,23)(H,21,22). The summed E-state index contributed by atoms with van der Waals surface area (Å²) < 4.78 is 5.04. The van der Waals surface area contributed by atoms with Gasteiger partial charge in [0.05, 0.1) is 12.3 Å². The van der Waals surface area contributed by atoms with E-state index in [2.05, 4.69) is 12.2 Å². The highest BCUT2D eigenvalue weighted by Gasteiger charge is 2.17. The third kappa shape index (κ3) is 7.35. The topological polar surface area (TPSA) is 95.9 Å². The van der Waals surface area contributed by atoms with Gasteiger partial charge in [0, 0.05) is 0 Å². The van der Waals surface area contributed by atoms with E-state index in [0.29, 0.717) is 6.61 Å². The van der Waals surface area contributed by atoms with E-state index in [-0.39, 0.29) is 11.3 Å². The van der Waals surface area contributed by atoms with Gasteiger partial charge < -0.3 is 14.9 Å². The molecule has 0 aliphatic heterocycles. The number of aromatic hydroxyl groups is 1. The minimum absolute atomic E-state index is 0.0171. The Balaban J connectivity index is 2.23. The Labute approximate surface area is 142 Å². The van der Waals surface area contributed by atoms with E-state index in [1.165, 1.54) is 50.3 Å². The van der Waals surface area contributed by atoms with Gasteiger partial charge in [-0.2, -0.15) is 0 Å². The average molecular weight is 337 g/mol. The number of carboxylic acid groups (broad SMARTS) is 1. The van der Waals surface area contributed by atoms with Gasteiger partial charge in [-0.1, -0.05) is 57.9 Å². The van der Waals surface area contributed by atoms with Crippen molar-refractivity contribution >= 4 is 17.7 Å². The van der Waals surface area contributed by atoms with Crippen LogP contribution in [0, 0.1) is 0 Å². The number of phenols is 1. The lowest BCUT2D eigenvalue weighted by atomic mass is 10.1. The van der Waals surface area contributed by atoms with Crippen LogP contribution in [-0.4, -0.2) is 28.9 Å². The second-order valence-electron chi connectivity index (χ2n) is 5.74. The van der Waals surface area contributed by atoms with Gasteiger partial charge in [0.25, 0.3) is 0 Å². The number of aromatic carboxylic acids is 1. The fraction of sp³-hybridized carbons (Fsp3) is 0.556. The fourth-order valence-electron chi connectivity index (χ4n) is 2.42. The van der Waals surface area contributed by atoms with Crippen LogP contribution in [0.5, 0.6) is 5.75 Å². The third-order valence-corrected chi connectivity index (χ3v) is 3.72. The Morgan fingerprint density at radius 3 is 2.29 bits per heavy atom. The van der Waals surface area contributed by atoms with Crippen LogP contribution >= 0.6 is 0 Å². The van der Waals surface area contributed by atoms with Crippen molar-refractivity contribution in [3.8, 4) is 5.75 Å². The Morgan fingerprint density at radius 1 is 1.04 bits per heavy atom. The first-order valence-corrected chi connectivity index (χ1v) is 8.55. The number of rotatable bonds is 11. The summed E-state index contributed by atoms with van der Waals surface area (Å²) in [5, 5.41) is 21.0. The van der Waals surface area contributed by atoms with Crippen LogP contribution in [0.15, 0.2) is 18.2 Å². The third-order valence-electron chi connectivity index (χ3n) is 3.72. The molecule has 1 amide bonds. The number of ether oxygens (including phenoxy) is 1. The molecular formula is C18H27NO5. The molecule has 6 heteroatoms. The quantitative estimate of drug-likeness (QED) is 0.505. The van der Waals surface area contributed by atoms with Crippen molar-refractivity contribution in [2.24, 2.45) is 0 Å². The van der Waals surface area contributed by atoms with E-state index in [1.807, 2.05) is 0 Å². The molecule has 0 heterocycles.